The third kappa shape index (κ3) is 3.69. The predicted octanol–water partition coefficient (Wildman–Crippen LogP) is 3.24. The number of hydrogen-bond donors (Lipinski definition) is 0. The fourth-order valence-electron chi connectivity index (χ4n) is 2.71. The molecule has 0 atom stereocenters. The van der Waals surface area contributed by atoms with E-state index in [1.54, 1.807) is 29.8 Å². The maximum absolute atomic E-state index is 13.6. The summed E-state index contributed by atoms with van der Waals surface area (Å²) in [4.78, 5) is 22.1. The van der Waals surface area contributed by atoms with Gasteiger partial charge < -0.3 is 4.74 Å². The number of nitro groups is 1. The van der Waals surface area contributed by atoms with Crippen LogP contribution in [0, 0.1) is 15.9 Å². The van der Waals surface area contributed by atoms with E-state index in [9.17, 15) is 19.3 Å². The Labute approximate surface area is 148 Å². The molecule has 0 radical (unpaired) electrons. The summed E-state index contributed by atoms with van der Waals surface area (Å²) in [6.07, 6.45) is -0.0545. The van der Waals surface area contributed by atoms with Crippen molar-refractivity contribution >= 4 is 22.6 Å². The molecule has 0 saturated heterocycles. The highest BCUT2D eigenvalue weighted by atomic mass is 19.1. The van der Waals surface area contributed by atoms with E-state index in [-0.39, 0.29) is 18.7 Å². The van der Waals surface area contributed by atoms with Gasteiger partial charge in [0, 0.05) is 17.5 Å². The van der Waals surface area contributed by atoms with Crippen LogP contribution >= 0.6 is 0 Å². The first-order chi connectivity index (χ1) is 12.5. The first-order valence-electron chi connectivity index (χ1n) is 8.02. The molecule has 0 aliphatic carbocycles. The number of aromatic nitrogens is 2. The van der Waals surface area contributed by atoms with Gasteiger partial charge in [0.25, 0.3) is 5.69 Å². The Morgan fingerprint density at radius 1 is 1.27 bits per heavy atom. The Hall–Kier alpha value is -3.29. The molecule has 0 aliphatic rings. The molecule has 0 amide bonds. The van der Waals surface area contributed by atoms with Gasteiger partial charge in [-0.15, -0.1) is 0 Å². The third-order valence-electron chi connectivity index (χ3n) is 3.89. The van der Waals surface area contributed by atoms with Gasteiger partial charge in [-0.05, 0) is 30.7 Å². The third-order valence-corrected chi connectivity index (χ3v) is 3.89. The number of ether oxygens (including phenoxy) is 1. The van der Waals surface area contributed by atoms with E-state index in [0.717, 1.165) is 5.56 Å². The molecule has 2 aromatic carbocycles. The predicted molar refractivity (Wildman–Crippen MR) is 92.2 cm³/mol. The van der Waals surface area contributed by atoms with E-state index in [2.05, 4.69) is 5.10 Å². The number of nitrogens with zero attached hydrogens (tertiary/aromatic N) is 3. The molecule has 0 aliphatic heterocycles. The molecule has 0 bridgehead atoms. The monoisotopic (exact) mass is 357 g/mol. The minimum atomic E-state index is -0.465. The van der Waals surface area contributed by atoms with Crippen LogP contribution in [0.2, 0.25) is 0 Å². The summed E-state index contributed by atoms with van der Waals surface area (Å²) < 4.78 is 20.2. The van der Waals surface area contributed by atoms with Gasteiger partial charge in [0.15, 0.2) is 0 Å². The Morgan fingerprint density at radius 3 is 2.65 bits per heavy atom. The summed E-state index contributed by atoms with van der Waals surface area (Å²) in [5, 5.41) is 15.7. The van der Waals surface area contributed by atoms with E-state index in [1.165, 1.54) is 24.3 Å². The number of halogens is 1. The maximum atomic E-state index is 13.6. The van der Waals surface area contributed by atoms with Gasteiger partial charge in [-0.25, -0.2) is 4.39 Å². The highest BCUT2D eigenvalue weighted by Gasteiger charge is 2.16. The SMILES string of the molecule is CCOC(=O)Cc1nn(Cc2ccc([N+](=O)[O-])cc2)c2ccc(F)cc12. The topological polar surface area (TPSA) is 87.3 Å². The second-order valence-corrected chi connectivity index (χ2v) is 5.67. The van der Waals surface area contributed by atoms with E-state index in [1.807, 2.05) is 0 Å². The number of esters is 1. The Morgan fingerprint density at radius 2 is 2.00 bits per heavy atom. The van der Waals surface area contributed by atoms with Crippen LogP contribution in [0.4, 0.5) is 10.1 Å². The van der Waals surface area contributed by atoms with E-state index >= 15 is 0 Å². The molecular formula is C18H16FN3O4. The molecule has 0 spiro atoms. The molecule has 0 N–H and O–H groups in total. The fraction of sp³-hybridized carbons (Fsp3) is 0.222. The fourth-order valence-corrected chi connectivity index (χ4v) is 2.71. The summed E-state index contributed by atoms with van der Waals surface area (Å²) in [5.41, 5.74) is 1.90. The quantitative estimate of drug-likeness (QED) is 0.384. The minimum Gasteiger partial charge on any atom is -0.466 e. The number of nitro benzene ring substituents is 1. The summed E-state index contributed by atoms with van der Waals surface area (Å²) in [7, 11) is 0. The van der Waals surface area contributed by atoms with Crippen LogP contribution in [-0.2, 0) is 22.5 Å². The van der Waals surface area contributed by atoms with E-state index in [4.69, 9.17) is 4.74 Å². The van der Waals surface area contributed by atoms with Crippen LogP contribution in [0.3, 0.4) is 0 Å². The largest absolute Gasteiger partial charge is 0.466 e. The van der Waals surface area contributed by atoms with Crippen molar-refractivity contribution in [1.82, 2.24) is 9.78 Å². The highest BCUT2D eigenvalue weighted by Crippen LogP contribution is 2.22. The zero-order valence-corrected chi connectivity index (χ0v) is 14.0. The van der Waals surface area contributed by atoms with Crippen LogP contribution < -0.4 is 0 Å². The molecule has 0 saturated carbocycles. The number of carbonyl (C=O) groups is 1. The number of benzene rings is 2. The Bertz CT molecular complexity index is 966. The molecular weight excluding hydrogens is 341 g/mol. The van der Waals surface area contributed by atoms with Gasteiger partial charge >= 0.3 is 5.97 Å². The number of hydrogen-bond acceptors (Lipinski definition) is 5. The molecule has 3 aromatic rings. The normalized spacial score (nSPS) is 10.8. The minimum absolute atomic E-state index is 0.00384. The number of fused-ring (bicyclic) bond motifs is 1. The summed E-state index contributed by atoms with van der Waals surface area (Å²) in [5.74, 6) is -0.851. The molecule has 0 fully saturated rings. The number of carbonyl (C=O) groups excluding carboxylic acids is 1. The van der Waals surface area contributed by atoms with Crippen LogP contribution in [0.15, 0.2) is 42.5 Å². The zero-order valence-electron chi connectivity index (χ0n) is 14.0. The molecule has 1 heterocycles. The van der Waals surface area contributed by atoms with Crippen molar-refractivity contribution in [3.63, 3.8) is 0 Å². The van der Waals surface area contributed by atoms with Crippen molar-refractivity contribution in [2.24, 2.45) is 0 Å². The average molecular weight is 357 g/mol. The molecule has 7 nitrogen and oxygen atoms in total. The van der Waals surface area contributed by atoms with Gasteiger partial charge in [0.1, 0.15) is 5.82 Å². The van der Waals surface area contributed by atoms with Crippen LogP contribution in [0.1, 0.15) is 18.2 Å². The van der Waals surface area contributed by atoms with Crippen LogP contribution in [-0.4, -0.2) is 27.3 Å². The summed E-state index contributed by atoms with van der Waals surface area (Å²) in [6.45, 7) is 2.31. The summed E-state index contributed by atoms with van der Waals surface area (Å²) in [6, 6.07) is 10.4. The second-order valence-electron chi connectivity index (χ2n) is 5.67. The lowest BCUT2D eigenvalue weighted by Crippen LogP contribution is -2.09. The lowest BCUT2D eigenvalue weighted by molar-refractivity contribution is -0.384. The van der Waals surface area contributed by atoms with Crippen molar-refractivity contribution in [1.29, 1.82) is 0 Å². The van der Waals surface area contributed by atoms with Crippen molar-refractivity contribution in [2.75, 3.05) is 6.61 Å². The molecule has 134 valence electrons. The first kappa shape index (κ1) is 17.5. The maximum Gasteiger partial charge on any atom is 0.311 e. The number of rotatable bonds is 6. The van der Waals surface area contributed by atoms with Gasteiger partial charge in [-0.1, -0.05) is 12.1 Å². The van der Waals surface area contributed by atoms with Crippen molar-refractivity contribution in [3.8, 4) is 0 Å². The number of non-ortho nitro benzene ring substituents is 1. The lowest BCUT2D eigenvalue weighted by atomic mass is 10.1. The first-order valence-corrected chi connectivity index (χ1v) is 8.02. The Kier molecular flexibility index (Phi) is 4.92. The smallest absolute Gasteiger partial charge is 0.311 e. The van der Waals surface area contributed by atoms with Gasteiger partial charge in [-0.2, -0.15) is 5.10 Å². The average Bonchev–Trinajstić information content (AvgIpc) is 2.92. The van der Waals surface area contributed by atoms with Crippen molar-refractivity contribution in [3.05, 3.63) is 69.7 Å². The highest BCUT2D eigenvalue weighted by molar-refractivity contribution is 5.86. The lowest BCUT2D eigenvalue weighted by Gasteiger charge is -2.04. The molecule has 8 heteroatoms. The van der Waals surface area contributed by atoms with Gasteiger partial charge in [0.05, 0.1) is 35.7 Å². The zero-order chi connectivity index (χ0) is 18.7. The van der Waals surface area contributed by atoms with E-state index < -0.39 is 16.7 Å². The van der Waals surface area contributed by atoms with Gasteiger partial charge in [-0.3, -0.25) is 19.6 Å². The summed E-state index contributed by atoms with van der Waals surface area (Å²) >= 11 is 0. The van der Waals surface area contributed by atoms with Crippen molar-refractivity contribution in [2.45, 2.75) is 19.9 Å². The molecule has 26 heavy (non-hydrogen) atoms. The molecule has 3 rings (SSSR count). The van der Waals surface area contributed by atoms with Gasteiger partial charge in [0.2, 0.25) is 0 Å². The van der Waals surface area contributed by atoms with E-state index in [0.29, 0.717) is 23.1 Å². The van der Waals surface area contributed by atoms with Crippen LogP contribution in [0.5, 0.6) is 0 Å². The van der Waals surface area contributed by atoms with Crippen LogP contribution in [0.25, 0.3) is 10.9 Å². The second kappa shape index (κ2) is 7.30. The Balaban J connectivity index is 1.95. The molecule has 0 unspecified atom stereocenters. The molecule has 1 aromatic heterocycles. The standard InChI is InChI=1S/C18H16FN3O4/c1-2-26-18(23)10-16-15-9-13(19)5-8-17(15)21(20-16)11-12-3-6-14(7-4-12)22(24)25/h3-9H,2,10-11H2,1H3. The van der Waals surface area contributed by atoms with Crippen molar-refractivity contribution < 1.29 is 18.8 Å².